The van der Waals surface area contributed by atoms with E-state index >= 15 is 0 Å². The van der Waals surface area contributed by atoms with Gasteiger partial charge in [-0.2, -0.15) is 5.26 Å². The minimum Gasteiger partial charge on any atom is -0.381 e. The molecule has 3 aromatic rings. The Balaban J connectivity index is 0.00000218. The smallest absolute Gasteiger partial charge is 0.157 e. The van der Waals surface area contributed by atoms with Crippen LogP contribution in [0.5, 0.6) is 0 Å². The van der Waals surface area contributed by atoms with E-state index in [4.69, 9.17) is 9.72 Å². The Bertz CT molecular complexity index is 1080. The molecule has 0 spiro atoms. The van der Waals surface area contributed by atoms with E-state index in [1.807, 2.05) is 12.1 Å². The van der Waals surface area contributed by atoms with Crippen LogP contribution in [0, 0.1) is 24.2 Å². The van der Waals surface area contributed by atoms with Crippen molar-refractivity contribution in [3.05, 3.63) is 41.0 Å². The van der Waals surface area contributed by atoms with Crippen LogP contribution in [0.15, 0.2) is 24.3 Å². The molecule has 30 heavy (non-hydrogen) atoms. The van der Waals surface area contributed by atoms with Gasteiger partial charge in [0.25, 0.3) is 0 Å². The Kier molecular flexibility index (Phi) is 5.94. The number of ether oxygens (including phenoxy) is 1. The van der Waals surface area contributed by atoms with Crippen LogP contribution in [-0.2, 0) is 11.2 Å². The summed E-state index contributed by atoms with van der Waals surface area (Å²) in [5.41, 5.74) is 5.93. The Morgan fingerprint density at radius 2 is 1.93 bits per heavy atom. The minimum atomic E-state index is 0. The van der Waals surface area contributed by atoms with Crippen LogP contribution in [0.25, 0.3) is 16.7 Å². The highest BCUT2D eigenvalue weighted by molar-refractivity contribution is 5.86. The topological polar surface area (TPSA) is 65.6 Å². The first-order valence-corrected chi connectivity index (χ1v) is 10.6. The zero-order chi connectivity index (χ0) is 19.8. The lowest BCUT2D eigenvalue weighted by molar-refractivity contribution is 0.0665. The number of imidazole rings is 1. The van der Waals surface area contributed by atoms with E-state index in [1.165, 1.54) is 11.4 Å². The summed E-state index contributed by atoms with van der Waals surface area (Å²) in [4.78, 5) is 7.35. The lowest BCUT2D eigenvalue weighted by Gasteiger charge is -2.34. The first kappa shape index (κ1) is 20.6. The lowest BCUT2D eigenvalue weighted by Crippen LogP contribution is -2.45. The summed E-state index contributed by atoms with van der Waals surface area (Å²) in [6, 6.07) is 10.7. The molecule has 0 amide bonds. The van der Waals surface area contributed by atoms with Crippen molar-refractivity contribution in [1.29, 1.82) is 5.26 Å². The second-order valence-corrected chi connectivity index (χ2v) is 8.17. The third-order valence-electron chi connectivity index (χ3n) is 6.46. The van der Waals surface area contributed by atoms with Crippen molar-refractivity contribution in [2.24, 2.45) is 5.92 Å². The standard InChI is InChI=1S/C23H27N5O.CH4/c1-16-18(14-17-6-12-29-13-7-17)23(27-10-8-25-9-11-27)28-21-5-3-2-4-20(21)26-22(28)19(16)15-24;/h2-5,17,25H,6-14H2,1H3;1H4. The molecule has 1 N–H and O–H groups in total. The number of nitriles is 1. The minimum absolute atomic E-state index is 0. The second-order valence-electron chi connectivity index (χ2n) is 8.17. The number of piperazine rings is 1. The number of fused-ring (bicyclic) bond motifs is 3. The van der Waals surface area contributed by atoms with Crippen LogP contribution in [0.1, 0.15) is 37.0 Å². The van der Waals surface area contributed by atoms with Gasteiger partial charge in [0.1, 0.15) is 11.9 Å². The van der Waals surface area contributed by atoms with E-state index < -0.39 is 0 Å². The summed E-state index contributed by atoms with van der Waals surface area (Å²) < 4.78 is 7.84. The molecular formula is C24H31N5O. The zero-order valence-corrected chi connectivity index (χ0v) is 16.9. The van der Waals surface area contributed by atoms with Gasteiger partial charge in [-0.15, -0.1) is 0 Å². The number of hydrogen-bond donors (Lipinski definition) is 1. The van der Waals surface area contributed by atoms with Crippen molar-refractivity contribution in [2.75, 3.05) is 44.3 Å². The molecule has 1 aromatic carbocycles. The normalized spacial score (nSPS) is 17.8. The van der Waals surface area contributed by atoms with E-state index in [9.17, 15) is 5.26 Å². The first-order valence-electron chi connectivity index (χ1n) is 10.6. The Hall–Kier alpha value is -2.62. The maximum Gasteiger partial charge on any atom is 0.157 e. The van der Waals surface area contributed by atoms with Crippen LogP contribution in [0.2, 0.25) is 0 Å². The molecule has 2 aliphatic rings. The highest BCUT2D eigenvalue weighted by atomic mass is 16.5. The van der Waals surface area contributed by atoms with Gasteiger partial charge in [0.2, 0.25) is 0 Å². The van der Waals surface area contributed by atoms with Crippen molar-refractivity contribution in [3.8, 4) is 6.07 Å². The number of aromatic nitrogens is 2. The molecule has 6 nitrogen and oxygen atoms in total. The van der Waals surface area contributed by atoms with E-state index in [0.29, 0.717) is 11.5 Å². The average molecular weight is 406 g/mol. The highest BCUT2D eigenvalue weighted by Crippen LogP contribution is 2.36. The van der Waals surface area contributed by atoms with Crippen molar-refractivity contribution in [2.45, 2.75) is 33.6 Å². The van der Waals surface area contributed by atoms with Gasteiger partial charge < -0.3 is 15.0 Å². The van der Waals surface area contributed by atoms with Gasteiger partial charge >= 0.3 is 0 Å². The largest absolute Gasteiger partial charge is 0.381 e. The van der Waals surface area contributed by atoms with Crippen LogP contribution >= 0.6 is 0 Å². The summed E-state index contributed by atoms with van der Waals surface area (Å²) in [5, 5.41) is 13.5. The summed E-state index contributed by atoms with van der Waals surface area (Å²) in [7, 11) is 0. The molecule has 158 valence electrons. The number of nitrogens with one attached hydrogen (secondary N) is 1. The van der Waals surface area contributed by atoms with Gasteiger partial charge in [-0.1, -0.05) is 19.6 Å². The maximum absolute atomic E-state index is 10.0. The number of rotatable bonds is 3. The van der Waals surface area contributed by atoms with E-state index in [1.54, 1.807) is 0 Å². The predicted molar refractivity (Wildman–Crippen MR) is 121 cm³/mol. The predicted octanol–water partition coefficient (Wildman–Crippen LogP) is 3.68. The molecule has 0 atom stereocenters. The number of anilines is 1. The fourth-order valence-corrected chi connectivity index (χ4v) is 4.86. The molecular weight excluding hydrogens is 374 g/mol. The van der Waals surface area contributed by atoms with Crippen LogP contribution in [0.4, 0.5) is 5.82 Å². The van der Waals surface area contributed by atoms with Crippen molar-refractivity contribution >= 4 is 22.5 Å². The van der Waals surface area contributed by atoms with Gasteiger partial charge in [0, 0.05) is 39.4 Å². The van der Waals surface area contributed by atoms with Crippen LogP contribution in [0.3, 0.4) is 0 Å². The Morgan fingerprint density at radius 1 is 1.20 bits per heavy atom. The number of benzene rings is 1. The Labute approximate surface area is 178 Å². The third kappa shape index (κ3) is 3.42. The molecule has 2 fully saturated rings. The molecule has 0 unspecified atom stereocenters. The monoisotopic (exact) mass is 405 g/mol. The quantitative estimate of drug-likeness (QED) is 0.720. The first-order chi connectivity index (χ1) is 14.3. The Morgan fingerprint density at radius 3 is 2.67 bits per heavy atom. The summed E-state index contributed by atoms with van der Waals surface area (Å²) in [6.45, 7) is 7.68. The second kappa shape index (κ2) is 8.63. The fraction of sp³-hybridized carbons (Fsp3) is 0.500. The highest BCUT2D eigenvalue weighted by Gasteiger charge is 2.27. The molecule has 2 saturated heterocycles. The number of nitrogens with zero attached hydrogens (tertiary/aromatic N) is 4. The van der Waals surface area contributed by atoms with Crippen LogP contribution < -0.4 is 10.2 Å². The average Bonchev–Trinajstić information content (AvgIpc) is 3.15. The SMILES string of the molecule is C.Cc1c(CC2CCOCC2)c(N2CCNCC2)n2c(nc3ccccc32)c1C#N. The van der Waals surface area contributed by atoms with Crippen molar-refractivity contribution in [3.63, 3.8) is 0 Å². The summed E-state index contributed by atoms with van der Waals surface area (Å²) >= 11 is 0. The van der Waals surface area contributed by atoms with Gasteiger partial charge in [0.05, 0.1) is 16.6 Å². The third-order valence-corrected chi connectivity index (χ3v) is 6.46. The molecule has 2 aliphatic heterocycles. The fourth-order valence-electron chi connectivity index (χ4n) is 4.86. The van der Waals surface area contributed by atoms with Gasteiger partial charge in [-0.3, -0.25) is 4.40 Å². The van der Waals surface area contributed by atoms with Gasteiger partial charge in [-0.25, -0.2) is 4.98 Å². The number of para-hydroxylation sites is 2. The van der Waals surface area contributed by atoms with E-state index in [0.717, 1.165) is 80.9 Å². The van der Waals surface area contributed by atoms with E-state index in [2.05, 4.69) is 39.7 Å². The zero-order valence-electron chi connectivity index (χ0n) is 16.9. The van der Waals surface area contributed by atoms with Gasteiger partial charge in [-0.05, 0) is 55.4 Å². The number of pyridine rings is 1. The molecule has 0 bridgehead atoms. The van der Waals surface area contributed by atoms with Gasteiger partial charge in [0.15, 0.2) is 5.65 Å². The summed E-state index contributed by atoms with van der Waals surface area (Å²) in [5.74, 6) is 1.83. The molecule has 0 radical (unpaired) electrons. The molecule has 2 aromatic heterocycles. The van der Waals surface area contributed by atoms with E-state index in [-0.39, 0.29) is 7.43 Å². The molecule has 6 heteroatoms. The molecule has 0 saturated carbocycles. The molecule has 4 heterocycles. The maximum atomic E-state index is 10.0. The van der Waals surface area contributed by atoms with Crippen molar-refractivity contribution < 1.29 is 4.74 Å². The number of hydrogen-bond acceptors (Lipinski definition) is 5. The van der Waals surface area contributed by atoms with Crippen LogP contribution in [-0.4, -0.2) is 48.8 Å². The summed E-state index contributed by atoms with van der Waals surface area (Å²) in [6.07, 6.45) is 3.17. The molecule has 5 rings (SSSR count). The lowest BCUT2D eigenvalue weighted by atomic mass is 9.89. The van der Waals surface area contributed by atoms with Crippen molar-refractivity contribution in [1.82, 2.24) is 14.7 Å². The molecule has 0 aliphatic carbocycles.